The van der Waals surface area contributed by atoms with Gasteiger partial charge in [-0.1, -0.05) is 25.1 Å². The van der Waals surface area contributed by atoms with Crippen molar-refractivity contribution < 1.29 is 14.2 Å². The van der Waals surface area contributed by atoms with Gasteiger partial charge in [-0.05, 0) is 38.5 Å². The second-order valence-corrected chi connectivity index (χ2v) is 7.71. The van der Waals surface area contributed by atoms with Gasteiger partial charge in [-0.15, -0.1) is 5.10 Å². The van der Waals surface area contributed by atoms with Crippen molar-refractivity contribution >= 4 is 0 Å². The zero-order valence-electron chi connectivity index (χ0n) is 15.7. The lowest BCUT2D eigenvalue weighted by molar-refractivity contribution is -0.227. The number of aryl methyl sites for hydroxylation is 1. The average Bonchev–Trinajstić information content (AvgIpc) is 2.97. The van der Waals surface area contributed by atoms with Crippen molar-refractivity contribution in [2.45, 2.75) is 53.6 Å². The van der Waals surface area contributed by atoms with E-state index in [9.17, 15) is 0 Å². The fraction of sp³-hybridized carbons (Fsp3) is 0.579. The third kappa shape index (κ3) is 4.58. The minimum atomic E-state index is -0.285. The number of rotatable bonds is 5. The molecule has 0 amide bonds. The largest absolute Gasteiger partial charge is 0.490 e. The lowest BCUT2D eigenvalue weighted by Crippen LogP contribution is -2.39. The quantitative estimate of drug-likeness (QED) is 0.831. The predicted molar refractivity (Wildman–Crippen MR) is 95.4 cm³/mol. The van der Waals surface area contributed by atoms with Gasteiger partial charge in [0.2, 0.25) is 0 Å². The maximum absolute atomic E-state index is 5.94. The summed E-state index contributed by atoms with van der Waals surface area (Å²) in [6.07, 6.45) is 1.72. The zero-order chi connectivity index (χ0) is 18.0. The molecule has 6 nitrogen and oxygen atoms in total. The van der Waals surface area contributed by atoms with Crippen molar-refractivity contribution in [1.29, 1.82) is 0 Å². The summed E-state index contributed by atoms with van der Waals surface area (Å²) < 4.78 is 19.2. The van der Waals surface area contributed by atoms with Crippen molar-refractivity contribution in [3.05, 3.63) is 30.0 Å². The van der Waals surface area contributed by atoms with Crippen LogP contribution in [0.2, 0.25) is 0 Å². The van der Waals surface area contributed by atoms with Crippen molar-refractivity contribution in [2.24, 2.45) is 5.41 Å². The molecule has 25 heavy (non-hydrogen) atoms. The summed E-state index contributed by atoms with van der Waals surface area (Å²) in [5.74, 6) is 0.828. The predicted octanol–water partition coefficient (Wildman–Crippen LogP) is 3.44. The van der Waals surface area contributed by atoms with E-state index in [0.717, 1.165) is 22.6 Å². The van der Waals surface area contributed by atoms with Gasteiger partial charge >= 0.3 is 0 Å². The lowest BCUT2D eigenvalue weighted by atomic mass is 9.96. The van der Waals surface area contributed by atoms with Crippen molar-refractivity contribution in [3.8, 4) is 17.0 Å². The maximum Gasteiger partial charge on any atom is 0.177 e. The van der Waals surface area contributed by atoms with Gasteiger partial charge in [0.1, 0.15) is 11.4 Å². The van der Waals surface area contributed by atoms with Crippen LogP contribution in [0.5, 0.6) is 5.75 Å². The van der Waals surface area contributed by atoms with Gasteiger partial charge in [-0.3, -0.25) is 0 Å². The van der Waals surface area contributed by atoms with Gasteiger partial charge in [0.25, 0.3) is 0 Å². The SMILES string of the molecule is Cc1ccc(-c2cn(CC3OCC(C)(C)CO3)nn2)c(OC(C)C)c1. The van der Waals surface area contributed by atoms with Crippen LogP contribution in [0.1, 0.15) is 33.3 Å². The molecule has 0 saturated carbocycles. The molecule has 0 atom stereocenters. The Balaban J connectivity index is 1.73. The highest BCUT2D eigenvalue weighted by atomic mass is 16.7. The summed E-state index contributed by atoms with van der Waals surface area (Å²) in [6, 6.07) is 6.11. The van der Waals surface area contributed by atoms with Crippen molar-refractivity contribution in [3.63, 3.8) is 0 Å². The molecule has 0 aliphatic carbocycles. The standard InChI is InChI=1S/C19H27N3O3/c1-13(2)25-17-8-14(3)6-7-15(17)16-9-22(21-20-16)10-18-23-11-19(4,5)12-24-18/h6-9,13,18H,10-12H2,1-5H3. The molecule has 136 valence electrons. The summed E-state index contributed by atoms with van der Waals surface area (Å²) in [5, 5.41) is 8.52. The molecule has 0 radical (unpaired) electrons. The molecule has 1 saturated heterocycles. The molecule has 0 bridgehead atoms. The molecule has 6 heteroatoms. The molecule has 0 N–H and O–H groups in total. The van der Waals surface area contributed by atoms with E-state index >= 15 is 0 Å². The Hall–Kier alpha value is -1.92. The van der Waals surface area contributed by atoms with Crippen LogP contribution >= 0.6 is 0 Å². The van der Waals surface area contributed by atoms with Gasteiger partial charge in [0, 0.05) is 11.0 Å². The van der Waals surface area contributed by atoms with Crippen molar-refractivity contribution in [2.75, 3.05) is 13.2 Å². The molecular formula is C19H27N3O3. The van der Waals surface area contributed by atoms with Crippen LogP contribution in [-0.2, 0) is 16.0 Å². The van der Waals surface area contributed by atoms with Crippen LogP contribution in [0.25, 0.3) is 11.3 Å². The van der Waals surface area contributed by atoms with Gasteiger partial charge in [0.05, 0.1) is 32.1 Å². The third-order valence-corrected chi connectivity index (χ3v) is 3.97. The first-order valence-corrected chi connectivity index (χ1v) is 8.73. The van der Waals surface area contributed by atoms with E-state index in [1.54, 1.807) is 4.68 Å². The Morgan fingerprint density at radius 3 is 2.68 bits per heavy atom. The normalized spacial score (nSPS) is 17.8. The molecule has 1 aromatic heterocycles. The summed E-state index contributed by atoms with van der Waals surface area (Å²) in [6.45, 7) is 12.2. The second kappa shape index (κ2) is 7.14. The Labute approximate surface area is 149 Å². The molecule has 1 fully saturated rings. The molecule has 1 aromatic carbocycles. The van der Waals surface area contributed by atoms with Gasteiger partial charge in [0.15, 0.2) is 6.29 Å². The highest BCUT2D eigenvalue weighted by Gasteiger charge is 2.28. The van der Waals surface area contributed by atoms with Crippen LogP contribution in [0.4, 0.5) is 0 Å². The lowest BCUT2D eigenvalue weighted by Gasteiger charge is -2.34. The van der Waals surface area contributed by atoms with Gasteiger partial charge in [-0.25, -0.2) is 4.68 Å². The molecule has 2 heterocycles. The first-order chi connectivity index (χ1) is 11.8. The van der Waals surface area contributed by atoms with Crippen LogP contribution in [-0.4, -0.2) is 40.6 Å². The van der Waals surface area contributed by atoms with E-state index in [-0.39, 0.29) is 17.8 Å². The number of benzene rings is 1. The van der Waals surface area contributed by atoms with E-state index in [1.165, 1.54) is 0 Å². The first kappa shape index (κ1) is 17.9. The molecule has 1 aliphatic heterocycles. The molecular weight excluding hydrogens is 318 g/mol. The topological polar surface area (TPSA) is 58.4 Å². The fourth-order valence-corrected chi connectivity index (χ4v) is 2.69. The molecule has 0 unspecified atom stereocenters. The highest BCUT2D eigenvalue weighted by molar-refractivity contribution is 5.66. The van der Waals surface area contributed by atoms with Crippen LogP contribution < -0.4 is 4.74 Å². The third-order valence-electron chi connectivity index (χ3n) is 3.97. The Morgan fingerprint density at radius 2 is 2.00 bits per heavy atom. The summed E-state index contributed by atoms with van der Waals surface area (Å²) in [5.41, 5.74) is 2.94. The molecule has 3 rings (SSSR count). The summed E-state index contributed by atoms with van der Waals surface area (Å²) in [7, 11) is 0. The average molecular weight is 345 g/mol. The summed E-state index contributed by atoms with van der Waals surface area (Å²) in [4.78, 5) is 0. The number of hydrogen-bond acceptors (Lipinski definition) is 5. The number of nitrogens with zero attached hydrogens (tertiary/aromatic N) is 3. The number of hydrogen-bond donors (Lipinski definition) is 0. The molecule has 1 aliphatic rings. The van der Waals surface area contributed by atoms with Crippen molar-refractivity contribution in [1.82, 2.24) is 15.0 Å². The van der Waals surface area contributed by atoms with Gasteiger partial charge < -0.3 is 14.2 Å². The zero-order valence-corrected chi connectivity index (χ0v) is 15.7. The minimum absolute atomic E-state index is 0.0645. The molecule has 2 aromatic rings. The van der Waals surface area contributed by atoms with E-state index < -0.39 is 0 Å². The van der Waals surface area contributed by atoms with Crippen LogP contribution in [0.15, 0.2) is 24.4 Å². The van der Waals surface area contributed by atoms with E-state index in [1.807, 2.05) is 39.1 Å². The maximum atomic E-state index is 5.94. The van der Waals surface area contributed by atoms with Gasteiger partial charge in [-0.2, -0.15) is 0 Å². The monoisotopic (exact) mass is 345 g/mol. The number of ether oxygens (including phenoxy) is 3. The molecule has 0 spiro atoms. The number of aromatic nitrogens is 3. The minimum Gasteiger partial charge on any atom is -0.490 e. The fourth-order valence-electron chi connectivity index (χ4n) is 2.69. The van der Waals surface area contributed by atoms with E-state index in [0.29, 0.717) is 19.8 Å². The second-order valence-electron chi connectivity index (χ2n) is 7.71. The Bertz CT molecular complexity index is 714. The van der Waals surface area contributed by atoms with E-state index in [2.05, 4.69) is 30.2 Å². The Kier molecular flexibility index (Phi) is 5.11. The van der Waals surface area contributed by atoms with Crippen LogP contribution in [0.3, 0.4) is 0 Å². The summed E-state index contributed by atoms with van der Waals surface area (Å²) >= 11 is 0. The van der Waals surface area contributed by atoms with Crippen LogP contribution in [0, 0.1) is 12.3 Å². The Morgan fingerprint density at radius 1 is 1.28 bits per heavy atom. The first-order valence-electron chi connectivity index (χ1n) is 8.73. The van der Waals surface area contributed by atoms with E-state index in [4.69, 9.17) is 14.2 Å². The highest BCUT2D eigenvalue weighted by Crippen LogP contribution is 2.30. The smallest absolute Gasteiger partial charge is 0.177 e.